The van der Waals surface area contributed by atoms with Crippen LogP contribution < -0.4 is 11.1 Å². The Labute approximate surface area is 172 Å². The fraction of sp³-hybridized carbons (Fsp3) is 0.217. The Morgan fingerprint density at radius 1 is 1.39 bits per heavy atom. The first-order valence-electron chi connectivity index (χ1n) is 9.15. The summed E-state index contributed by atoms with van der Waals surface area (Å²) < 4.78 is 0. The van der Waals surface area contributed by atoms with Gasteiger partial charge in [-0.3, -0.25) is 9.98 Å². The molecule has 28 heavy (non-hydrogen) atoms. The third-order valence-corrected chi connectivity index (χ3v) is 5.14. The number of nitrogens with one attached hydrogen (secondary N) is 1. The summed E-state index contributed by atoms with van der Waals surface area (Å²) >= 11 is 1.69. The summed E-state index contributed by atoms with van der Waals surface area (Å²) in [4.78, 5) is 9.67. The van der Waals surface area contributed by atoms with Crippen LogP contribution in [0.2, 0.25) is 0 Å². The van der Waals surface area contributed by atoms with Gasteiger partial charge >= 0.3 is 0 Å². The number of rotatable bonds is 9. The van der Waals surface area contributed by atoms with Crippen molar-refractivity contribution in [3.63, 3.8) is 0 Å². The first-order chi connectivity index (χ1) is 13.5. The van der Waals surface area contributed by atoms with Crippen molar-refractivity contribution in [3.8, 4) is 11.1 Å². The lowest BCUT2D eigenvalue weighted by Gasteiger charge is -2.17. The van der Waals surface area contributed by atoms with Crippen molar-refractivity contribution in [3.05, 3.63) is 72.7 Å². The third kappa shape index (κ3) is 5.44. The van der Waals surface area contributed by atoms with Gasteiger partial charge in [-0.15, -0.1) is 11.8 Å². The molecular formula is C23H28N4S. The Kier molecular flexibility index (Phi) is 8.23. The van der Waals surface area contributed by atoms with Crippen LogP contribution in [-0.2, 0) is 0 Å². The number of aliphatic imine (C=N–C) groups is 1. The van der Waals surface area contributed by atoms with E-state index in [9.17, 15) is 0 Å². The Balaban J connectivity index is 2.77. The number of aromatic nitrogens is 1. The highest BCUT2D eigenvalue weighted by Gasteiger charge is 2.16. The van der Waals surface area contributed by atoms with Crippen LogP contribution in [0.4, 0.5) is 5.69 Å². The molecule has 0 fully saturated rings. The standard InChI is InChI=1S/C23H28N4S/c1-6-8-21(24)19(11-16(2)3)18-12-20(17-9-7-10-27-14-17)23(28-15-25-4)22(13-18)26-5/h6-14,16,25H,1,5,15,24H2,2-4H3/b19-11-,21-8+. The number of hydrogen-bond acceptors (Lipinski definition) is 5. The van der Waals surface area contributed by atoms with Gasteiger partial charge in [0, 0.05) is 40.0 Å². The first-order valence-corrected chi connectivity index (χ1v) is 10.1. The monoisotopic (exact) mass is 392 g/mol. The smallest absolute Gasteiger partial charge is 0.0771 e. The lowest BCUT2D eigenvalue weighted by molar-refractivity contribution is 0.833. The van der Waals surface area contributed by atoms with Gasteiger partial charge in [0.25, 0.3) is 0 Å². The summed E-state index contributed by atoms with van der Waals surface area (Å²) in [6.45, 7) is 11.8. The molecule has 0 aliphatic carbocycles. The Morgan fingerprint density at radius 2 is 2.18 bits per heavy atom. The van der Waals surface area contributed by atoms with Crippen LogP contribution in [0.15, 0.2) is 77.1 Å². The van der Waals surface area contributed by atoms with Gasteiger partial charge in [-0.1, -0.05) is 38.6 Å². The Morgan fingerprint density at radius 3 is 2.75 bits per heavy atom. The fourth-order valence-corrected chi connectivity index (χ4v) is 3.72. The lowest BCUT2D eigenvalue weighted by atomic mass is 9.94. The van der Waals surface area contributed by atoms with E-state index in [2.05, 4.69) is 60.6 Å². The molecule has 1 aromatic heterocycles. The molecule has 3 N–H and O–H groups in total. The van der Waals surface area contributed by atoms with Crippen LogP contribution in [0.3, 0.4) is 0 Å². The number of benzene rings is 1. The van der Waals surface area contributed by atoms with E-state index in [4.69, 9.17) is 5.73 Å². The average molecular weight is 393 g/mol. The molecule has 0 unspecified atom stereocenters. The Hall–Kier alpha value is -2.63. The zero-order valence-electron chi connectivity index (χ0n) is 16.8. The van der Waals surface area contributed by atoms with Crippen molar-refractivity contribution in [2.75, 3.05) is 12.9 Å². The molecule has 1 heterocycles. The van der Waals surface area contributed by atoms with Gasteiger partial charge in [-0.2, -0.15) is 0 Å². The minimum absolute atomic E-state index is 0.340. The van der Waals surface area contributed by atoms with Crippen LogP contribution in [0.25, 0.3) is 16.7 Å². The van der Waals surface area contributed by atoms with Crippen molar-refractivity contribution in [2.24, 2.45) is 16.6 Å². The molecule has 2 rings (SSSR count). The minimum Gasteiger partial charge on any atom is -0.398 e. The first kappa shape index (κ1) is 21.7. The lowest BCUT2D eigenvalue weighted by Crippen LogP contribution is -2.05. The normalized spacial score (nSPS) is 12.3. The summed E-state index contributed by atoms with van der Waals surface area (Å²) in [6, 6.07) is 8.19. The topological polar surface area (TPSA) is 63.3 Å². The van der Waals surface area contributed by atoms with Crippen LogP contribution in [0.1, 0.15) is 19.4 Å². The predicted molar refractivity (Wildman–Crippen MR) is 124 cm³/mol. The van der Waals surface area contributed by atoms with E-state index in [0.717, 1.165) is 38.7 Å². The van der Waals surface area contributed by atoms with Crippen LogP contribution in [-0.4, -0.2) is 24.6 Å². The predicted octanol–water partition coefficient (Wildman–Crippen LogP) is 5.42. The van der Waals surface area contributed by atoms with Gasteiger partial charge in [-0.25, -0.2) is 0 Å². The maximum atomic E-state index is 6.36. The maximum absolute atomic E-state index is 6.36. The second-order valence-corrected chi connectivity index (χ2v) is 7.58. The van der Waals surface area contributed by atoms with Crippen molar-refractivity contribution in [2.45, 2.75) is 18.7 Å². The SMILES string of the molecule is C=C/C=C(N)\C(=C/C(C)C)c1cc(N=C)c(SCNC)c(-c2cccnc2)c1. The quantitative estimate of drug-likeness (QED) is 0.259. The van der Waals surface area contributed by atoms with E-state index in [1.807, 2.05) is 31.5 Å². The summed E-state index contributed by atoms with van der Waals surface area (Å²) in [5.74, 6) is 1.11. The van der Waals surface area contributed by atoms with Gasteiger partial charge in [-0.05, 0) is 55.1 Å². The number of hydrogen-bond donors (Lipinski definition) is 2. The second-order valence-electron chi connectivity index (χ2n) is 6.60. The largest absolute Gasteiger partial charge is 0.398 e. The highest BCUT2D eigenvalue weighted by molar-refractivity contribution is 7.99. The van der Waals surface area contributed by atoms with E-state index < -0.39 is 0 Å². The van der Waals surface area contributed by atoms with E-state index in [-0.39, 0.29) is 0 Å². The van der Waals surface area contributed by atoms with Crippen molar-refractivity contribution in [1.29, 1.82) is 0 Å². The second kappa shape index (κ2) is 10.6. The number of allylic oxidation sites excluding steroid dienone is 4. The van der Waals surface area contributed by atoms with E-state index in [1.54, 1.807) is 24.0 Å². The highest BCUT2D eigenvalue weighted by atomic mass is 32.2. The van der Waals surface area contributed by atoms with Crippen LogP contribution >= 0.6 is 11.8 Å². The molecule has 0 bridgehead atoms. The van der Waals surface area contributed by atoms with Crippen molar-refractivity contribution in [1.82, 2.24) is 10.3 Å². The van der Waals surface area contributed by atoms with Gasteiger partial charge in [0.1, 0.15) is 0 Å². The number of nitrogens with two attached hydrogens (primary N) is 1. The van der Waals surface area contributed by atoms with Crippen LogP contribution in [0, 0.1) is 5.92 Å². The molecular weight excluding hydrogens is 364 g/mol. The molecule has 2 aromatic rings. The third-order valence-electron chi connectivity index (χ3n) is 3.99. The zero-order valence-corrected chi connectivity index (χ0v) is 17.6. The van der Waals surface area contributed by atoms with Gasteiger partial charge in [0.2, 0.25) is 0 Å². The van der Waals surface area contributed by atoms with E-state index in [1.165, 1.54) is 0 Å². The molecule has 0 amide bonds. The summed E-state index contributed by atoms with van der Waals surface area (Å²) in [5.41, 5.74) is 11.9. The summed E-state index contributed by atoms with van der Waals surface area (Å²) in [6.07, 6.45) is 9.32. The van der Waals surface area contributed by atoms with Gasteiger partial charge < -0.3 is 11.1 Å². The molecule has 5 heteroatoms. The molecule has 0 aliphatic heterocycles. The van der Waals surface area contributed by atoms with Crippen molar-refractivity contribution < 1.29 is 0 Å². The summed E-state index contributed by atoms with van der Waals surface area (Å²) in [7, 11) is 1.93. The zero-order chi connectivity index (χ0) is 20.5. The van der Waals surface area contributed by atoms with Gasteiger partial charge in [0.05, 0.1) is 5.69 Å². The van der Waals surface area contributed by atoms with Crippen LogP contribution in [0.5, 0.6) is 0 Å². The fourth-order valence-electron chi connectivity index (χ4n) is 2.83. The molecule has 0 spiro atoms. The number of pyridine rings is 1. The van der Waals surface area contributed by atoms with Crippen molar-refractivity contribution >= 4 is 29.7 Å². The highest BCUT2D eigenvalue weighted by Crippen LogP contribution is 2.41. The van der Waals surface area contributed by atoms with E-state index >= 15 is 0 Å². The molecule has 0 atom stereocenters. The average Bonchev–Trinajstić information content (AvgIpc) is 2.70. The summed E-state index contributed by atoms with van der Waals surface area (Å²) in [5, 5.41) is 3.18. The van der Waals surface area contributed by atoms with Gasteiger partial charge in [0.15, 0.2) is 0 Å². The number of nitrogens with zero attached hydrogens (tertiary/aromatic N) is 2. The molecule has 0 saturated heterocycles. The molecule has 0 aliphatic rings. The molecule has 0 radical (unpaired) electrons. The maximum Gasteiger partial charge on any atom is 0.0771 e. The molecule has 0 saturated carbocycles. The van der Waals surface area contributed by atoms with E-state index in [0.29, 0.717) is 11.6 Å². The number of thioether (sulfide) groups is 1. The minimum atomic E-state index is 0.340. The molecule has 4 nitrogen and oxygen atoms in total. The Bertz CT molecular complexity index is 883. The molecule has 146 valence electrons. The molecule has 1 aromatic carbocycles.